The molecule has 112 valence electrons. The highest BCUT2D eigenvalue weighted by atomic mass is 32.2. The average molecular weight is 288 g/mol. The summed E-state index contributed by atoms with van der Waals surface area (Å²) in [5.41, 5.74) is 0. The van der Waals surface area contributed by atoms with Gasteiger partial charge in [0.25, 0.3) is 0 Å². The molecule has 1 aliphatic rings. The van der Waals surface area contributed by atoms with Gasteiger partial charge in [-0.15, -0.1) is 11.8 Å². The summed E-state index contributed by atoms with van der Waals surface area (Å²) < 4.78 is 0. The van der Waals surface area contributed by atoms with Crippen molar-refractivity contribution >= 4 is 17.7 Å². The third kappa shape index (κ3) is 6.63. The molecule has 0 spiro atoms. The summed E-state index contributed by atoms with van der Waals surface area (Å²) in [7, 11) is 0. The number of piperidine rings is 1. The molecule has 3 N–H and O–H groups in total. The Morgan fingerprint density at radius 3 is 2.58 bits per heavy atom. The Morgan fingerprint density at radius 2 is 2.00 bits per heavy atom. The van der Waals surface area contributed by atoms with Gasteiger partial charge in [-0.25, -0.2) is 0 Å². The summed E-state index contributed by atoms with van der Waals surface area (Å²) in [6.45, 7) is 6.66. The van der Waals surface area contributed by atoms with Crippen molar-refractivity contribution in [1.29, 1.82) is 0 Å². The molecule has 0 bridgehead atoms. The fourth-order valence-corrected chi connectivity index (χ4v) is 3.48. The van der Waals surface area contributed by atoms with Crippen molar-refractivity contribution in [3.05, 3.63) is 0 Å². The lowest BCUT2D eigenvalue weighted by Crippen LogP contribution is -2.37. The van der Waals surface area contributed by atoms with Crippen molar-refractivity contribution < 1.29 is 9.90 Å². The van der Waals surface area contributed by atoms with Crippen molar-refractivity contribution in [2.75, 3.05) is 25.4 Å². The standard InChI is InChI=1S/C14H28N2O2S/c1-3-11(4-2)13(17)9-16-14(18)10-19-12-5-7-15-8-6-12/h11-13,15,17H,3-10H2,1-2H3,(H,16,18). The Hall–Kier alpha value is -0.260. The molecule has 0 aromatic rings. The first-order chi connectivity index (χ1) is 9.17. The minimum Gasteiger partial charge on any atom is -0.391 e. The van der Waals surface area contributed by atoms with Crippen LogP contribution >= 0.6 is 11.8 Å². The van der Waals surface area contributed by atoms with Crippen LogP contribution in [0.15, 0.2) is 0 Å². The highest BCUT2D eigenvalue weighted by Crippen LogP contribution is 2.19. The maximum Gasteiger partial charge on any atom is 0.230 e. The lowest BCUT2D eigenvalue weighted by molar-refractivity contribution is -0.119. The van der Waals surface area contributed by atoms with E-state index in [4.69, 9.17) is 0 Å². The molecule has 5 heteroatoms. The molecule has 0 aliphatic carbocycles. The van der Waals surface area contributed by atoms with E-state index < -0.39 is 6.10 Å². The van der Waals surface area contributed by atoms with Crippen molar-refractivity contribution in [3.8, 4) is 0 Å². The van der Waals surface area contributed by atoms with Crippen LogP contribution in [0, 0.1) is 5.92 Å². The van der Waals surface area contributed by atoms with Gasteiger partial charge in [0.1, 0.15) is 0 Å². The quantitative estimate of drug-likeness (QED) is 0.631. The zero-order chi connectivity index (χ0) is 14.1. The lowest BCUT2D eigenvalue weighted by atomic mass is 9.97. The number of rotatable bonds is 8. The van der Waals surface area contributed by atoms with Gasteiger partial charge in [0.2, 0.25) is 5.91 Å². The predicted octanol–water partition coefficient (Wildman–Crippen LogP) is 1.38. The maximum atomic E-state index is 11.7. The highest BCUT2D eigenvalue weighted by Gasteiger charge is 2.18. The number of amides is 1. The third-order valence-electron chi connectivity index (χ3n) is 3.84. The van der Waals surface area contributed by atoms with Crippen molar-refractivity contribution in [2.24, 2.45) is 5.92 Å². The Balaban J connectivity index is 2.13. The second-order valence-corrected chi connectivity index (χ2v) is 6.50. The first kappa shape index (κ1) is 16.8. The maximum absolute atomic E-state index is 11.7. The number of nitrogens with one attached hydrogen (secondary N) is 2. The number of hydrogen-bond donors (Lipinski definition) is 3. The van der Waals surface area contributed by atoms with E-state index in [2.05, 4.69) is 24.5 Å². The van der Waals surface area contributed by atoms with Crippen LogP contribution in [0.4, 0.5) is 0 Å². The minimum absolute atomic E-state index is 0.0496. The monoisotopic (exact) mass is 288 g/mol. The summed E-state index contributed by atoms with van der Waals surface area (Å²) in [5, 5.41) is 16.7. The molecular weight excluding hydrogens is 260 g/mol. The van der Waals surface area contributed by atoms with E-state index in [9.17, 15) is 9.90 Å². The van der Waals surface area contributed by atoms with Gasteiger partial charge in [0, 0.05) is 11.8 Å². The molecule has 1 atom stereocenters. The number of thioether (sulfide) groups is 1. The van der Waals surface area contributed by atoms with E-state index in [1.54, 1.807) is 11.8 Å². The molecule has 1 heterocycles. The Kier molecular flexibility index (Phi) is 8.50. The van der Waals surface area contributed by atoms with E-state index in [0.717, 1.165) is 38.8 Å². The third-order valence-corrected chi connectivity index (χ3v) is 5.21. The Bertz CT molecular complexity index is 254. The van der Waals surface area contributed by atoms with Crippen LogP contribution in [0.3, 0.4) is 0 Å². The summed E-state index contributed by atoms with van der Waals surface area (Å²) in [6.07, 6.45) is 3.79. The molecule has 1 rings (SSSR count). The molecule has 4 nitrogen and oxygen atoms in total. The summed E-state index contributed by atoms with van der Waals surface area (Å²) in [5.74, 6) is 0.853. The molecular formula is C14H28N2O2S. The summed E-state index contributed by atoms with van der Waals surface area (Å²) >= 11 is 1.74. The zero-order valence-electron chi connectivity index (χ0n) is 12.2. The van der Waals surface area contributed by atoms with Gasteiger partial charge in [-0.3, -0.25) is 4.79 Å². The first-order valence-corrected chi connectivity index (χ1v) is 8.49. The first-order valence-electron chi connectivity index (χ1n) is 7.44. The van der Waals surface area contributed by atoms with Crippen LogP contribution in [0.25, 0.3) is 0 Å². The molecule has 0 radical (unpaired) electrons. The van der Waals surface area contributed by atoms with E-state index in [0.29, 0.717) is 17.5 Å². The van der Waals surface area contributed by atoms with E-state index in [1.165, 1.54) is 0 Å². The molecule has 1 unspecified atom stereocenters. The fraction of sp³-hybridized carbons (Fsp3) is 0.929. The molecule has 1 saturated heterocycles. The molecule has 0 aromatic heterocycles. The topological polar surface area (TPSA) is 61.4 Å². The fourth-order valence-electron chi connectivity index (χ4n) is 2.42. The molecule has 1 amide bonds. The van der Waals surface area contributed by atoms with Crippen LogP contribution in [-0.4, -0.2) is 47.8 Å². The Morgan fingerprint density at radius 1 is 1.37 bits per heavy atom. The van der Waals surface area contributed by atoms with E-state index in [-0.39, 0.29) is 11.8 Å². The van der Waals surface area contributed by atoms with Gasteiger partial charge in [-0.05, 0) is 31.8 Å². The predicted molar refractivity (Wildman–Crippen MR) is 81.4 cm³/mol. The summed E-state index contributed by atoms with van der Waals surface area (Å²) in [6, 6.07) is 0. The van der Waals surface area contributed by atoms with Gasteiger partial charge >= 0.3 is 0 Å². The SMILES string of the molecule is CCC(CC)C(O)CNC(=O)CSC1CCNCC1. The van der Waals surface area contributed by atoms with Crippen molar-refractivity contribution in [1.82, 2.24) is 10.6 Å². The minimum atomic E-state index is -0.414. The van der Waals surface area contributed by atoms with Crippen molar-refractivity contribution in [3.63, 3.8) is 0 Å². The average Bonchev–Trinajstić information content (AvgIpc) is 2.45. The van der Waals surface area contributed by atoms with Crippen LogP contribution in [0.5, 0.6) is 0 Å². The second kappa shape index (κ2) is 9.61. The van der Waals surface area contributed by atoms with Crippen LogP contribution in [0.2, 0.25) is 0 Å². The molecule has 0 aromatic carbocycles. The number of carbonyl (C=O) groups is 1. The smallest absolute Gasteiger partial charge is 0.230 e. The van der Waals surface area contributed by atoms with Gasteiger partial charge < -0.3 is 15.7 Å². The molecule has 19 heavy (non-hydrogen) atoms. The van der Waals surface area contributed by atoms with Gasteiger partial charge in [-0.2, -0.15) is 0 Å². The van der Waals surface area contributed by atoms with E-state index >= 15 is 0 Å². The van der Waals surface area contributed by atoms with Crippen LogP contribution in [0.1, 0.15) is 39.5 Å². The van der Waals surface area contributed by atoms with Crippen LogP contribution in [-0.2, 0) is 4.79 Å². The molecule has 1 fully saturated rings. The van der Waals surface area contributed by atoms with Gasteiger partial charge in [0.05, 0.1) is 11.9 Å². The zero-order valence-corrected chi connectivity index (χ0v) is 13.0. The lowest BCUT2D eigenvalue weighted by Gasteiger charge is -2.22. The normalized spacial score (nSPS) is 18.5. The number of aliphatic hydroxyl groups is 1. The van der Waals surface area contributed by atoms with E-state index in [1.807, 2.05) is 0 Å². The molecule has 0 saturated carbocycles. The number of aliphatic hydroxyl groups excluding tert-OH is 1. The largest absolute Gasteiger partial charge is 0.391 e. The van der Waals surface area contributed by atoms with Crippen LogP contribution < -0.4 is 10.6 Å². The van der Waals surface area contributed by atoms with Gasteiger partial charge in [-0.1, -0.05) is 26.7 Å². The highest BCUT2D eigenvalue weighted by molar-refractivity contribution is 8.00. The summed E-state index contributed by atoms with van der Waals surface area (Å²) in [4.78, 5) is 11.7. The number of hydrogen-bond acceptors (Lipinski definition) is 4. The van der Waals surface area contributed by atoms with Gasteiger partial charge in [0.15, 0.2) is 0 Å². The molecule has 1 aliphatic heterocycles. The number of carbonyl (C=O) groups excluding carboxylic acids is 1. The second-order valence-electron chi connectivity index (χ2n) is 5.21. The van der Waals surface area contributed by atoms with Crippen molar-refractivity contribution in [2.45, 2.75) is 50.9 Å². The Labute approximate surface area is 121 Å².